The fourth-order valence-corrected chi connectivity index (χ4v) is 3.55. The van der Waals surface area contributed by atoms with Crippen molar-refractivity contribution in [3.8, 4) is 0 Å². The van der Waals surface area contributed by atoms with Gasteiger partial charge in [-0.25, -0.2) is 4.79 Å². The molecule has 0 aromatic heterocycles. The number of benzene rings is 2. The minimum atomic E-state index is -0.785. The van der Waals surface area contributed by atoms with E-state index in [4.69, 9.17) is 0 Å². The first-order valence-electron chi connectivity index (χ1n) is 8.90. The standard InChI is InChI=1S/C19H15N5O7S/c1-31-17(25)10-16-18(26)22(11-12-5-3-2-4-6-12)19(32-16)21-20-14-8-7-13(23(27)28)9-15(14)24(29)30/h2-10,20H,11H2,1H3/b16-10-,21-19-. The van der Waals surface area contributed by atoms with E-state index >= 15 is 0 Å². The zero-order valence-electron chi connectivity index (χ0n) is 16.5. The van der Waals surface area contributed by atoms with Crippen LogP contribution >= 0.6 is 11.8 Å². The number of rotatable bonds is 7. The Morgan fingerprint density at radius 3 is 2.53 bits per heavy atom. The SMILES string of the molecule is COC(=O)/C=C1\S/C(=N\Nc2ccc([N+](=O)[O-])cc2[N+](=O)[O-])N(Cc2ccccc2)C1=O. The number of anilines is 1. The second-order valence-corrected chi connectivity index (χ2v) is 7.24. The predicted molar refractivity (Wildman–Crippen MR) is 115 cm³/mol. The zero-order chi connectivity index (χ0) is 23.3. The fraction of sp³-hybridized carbons (Fsp3) is 0.105. The Hall–Kier alpha value is -4.26. The summed E-state index contributed by atoms with van der Waals surface area (Å²) in [6.45, 7) is 0.133. The van der Waals surface area contributed by atoms with Gasteiger partial charge < -0.3 is 4.74 Å². The first-order valence-corrected chi connectivity index (χ1v) is 9.71. The molecule has 1 aliphatic heterocycles. The minimum absolute atomic E-state index is 0.0616. The van der Waals surface area contributed by atoms with Crippen LogP contribution in [0.3, 0.4) is 0 Å². The summed E-state index contributed by atoms with van der Waals surface area (Å²) in [5, 5.41) is 26.4. The number of hydrazone groups is 1. The lowest BCUT2D eigenvalue weighted by Crippen LogP contribution is -2.29. The molecule has 0 spiro atoms. The normalized spacial score (nSPS) is 15.8. The number of nitrogens with zero attached hydrogens (tertiary/aromatic N) is 4. The van der Waals surface area contributed by atoms with E-state index in [9.17, 15) is 29.8 Å². The van der Waals surface area contributed by atoms with E-state index < -0.39 is 33.1 Å². The number of hydrogen-bond acceptors (Lipinski definition) is 10. The molecule has 2 aromatic carbocycles. The van der Waals surface area contributed by atoms with Gasteiger partial charge in [-0.15, -0.1) is 5.10 Å². The summed E-state index contributed by atoms with van der Waals surface area (Å²) in [6.07, 6.45) is 1.03. The lowest BCUT2D eigenvalue weighted by molar-refractivity contribution is -0.393. The van der Waals surface area contributed by atoms with Gasteiger partial charge in [0, 0.05) is 12.1 Å². The highest BCUT2D eigenvalue weighted by molar-refractivity contribution is 8.18. The van der Waals surface area contributed by atoms with E-state index in [-0.39, 0.29) is 22.3 Å². The number of nitro benzene ring substituents is 2. The first-order chi connectivity index (χ1) is 15.3. The number of carbonyl (C=O) groups is 2. The van der Waals surface area contributed by atoms with Gasteiger partial charge in [-0.05, 0) is 23.4 Å². The number of nitrogens with one attached hydrogen (secondary N) is 1. The Labute approximate surface area is 184 Å². The minimum Gasteiger partial charge on any atom is -0.466 e. The lowest BCUT2D eigenvalue weighted by atomic mass is 10.2. The van der Waals surface area contributed by atoms with Crippen LogP contribution in [0.5, 0.6) is 0 Å². The summed E-state index contributed by atoms with van der Waals surface area (Å²) < 4.78 is 4.57. The average molecular weight is 457 g/mol. The molecule has 1 fully saturated rings. The number of amides is 1. The van der Waals surface area contributed by atoms with Gasteiger partial charge in [0.15, 0.2) is 5.17 Å². The Balaban J connectivity index is 1.94. The maximum atomic E-state index is 12.8. The average Bonchev–Trinajstić information content (AvgIpc) is 3.06. The third kappa shape index (κ3) is 5.07. The highest BCUT2D eigenvalue weighted by atomic mass is 32.2. The van der Waals surface area contributed by atoms with Gasteiger partial charge in [0.05, 0.1) is 34.5 Å². The molecule has 1 aliphatic rings. The second kappa shape index (κ2) is 9.70. The number of non-ortho nitro benzene ring substituents is 1. The Bertz CT molecular complexity index is 1150. The van der Waals surface area contributed by atoms with Crippen molar-refractivity contribution < 1.29 is 24.2 Å². The summed E-state index contributed by atoms with van der Waals surface area (Å²) in [5.41, 5.74) is 2.17. The molecule has 0 unspecified atom stereocenters. The summed E-state index contributed by atoms with van der Waals surface area (Å²) >= 11 is 0.877. The van der Waals surface area contributed by atoms with Gasteiger partial charge >= 0.3 is 11.7 Å². The van der Waals surface area contributed by atoms with Gasteiger partial charge in [0.2, 0.25) is 0 Å². The largest absolute Gasteiger partial charge is 0.466 e. The summed E-state index contributed by atoms with van der Waals surface area (Å²) in [4.78, 5) is 46.5. The van der Waals surface area contributed by atoms with Gasteiger partial charge in [0.25, 0.3) is 11.6 Å². The van der Waals surface area contributed by atoms with Crippen LogP contribution in [0.4, 0.5) is 17.1 Å². The second-order valence-electron chi connectivity index (χ2n) is 6.23. The predicted octanol–water partition coefficient (Wildman–Crippen LogP) is 3.02. The smallest absolute Gasteiger partial charge is 0.331 e. The van der Waals surface area contributed by atoms with Crippen LogP contribution in [0, 0.1) is 20.2 Å². The third-order valence-corrected chi connectivity index (χ3v) is 5.19. The molecule has 1 heterocycles. The van der Waals surface area contributed by atoms with Gasteiger partial charge in [0.1, 0.15) is 5.69 Å². The van der Waals surface area contributed by atoms with Crippen molar-refractivity contribution in [1.29, 1.82) is 0 Å². The van der Waals surface area contributed by atoms with Crippen molar-refractivity contribution in [2.45, 2.75) is 6.54 Å². The maximum Gasteiger partial charge on any atom is 0.331 e. The highest BCUT2D eigenvalue weighted by Gasteiger charge is 2.34. The van der Waals surface area contributed by atoms with E-state index in [0.717, 1.165) is 41.6 Å². The first kappa shape index (κ1) is 22.4. The highest BCUT2D eigenvalue weighted by Crippen LogP contribution is 2.33. The molecule has 32 heavy (non-hydrogen) atoms. The number of esters is 1. The molecule has 12 nitrogen and oxygen atoms in total. The summed E-state index contributed by atoms with van der Waals surface area (Å²) in [7, 11) is 1.18. The molecule has 164 valence electrons. The quantitative estimate of drug-likeness (QED) is 0.285. The molecule has 1 N–H and O–H groups in total. The number of carbonyl (C=O) groups excluding carboxylic acids is 2. The van der Waals surface area contributed by atoms with E-state index in [1.807, 2.05) is 6.07 Å². The van der Waals surface area contributed by atoms with E-state index in [0.29, 0.717) is 0 Å². The monoisotopic (exact) mass is 457 g/mol. The van der Waals surface area contributed by atoms with Crippen molar-refractivity contribution in [2.75, 3.05) is 12.5 Å². The number of amidine groups is 1. The van der Waals surface area contributed by atoms with Crippen molar-refractivity contribution in [3.05, 3.63) is 85.3 Å². The molecule has 0 aliphatic carbocycles. The van der Waals surface area contributed by atoms with Gasteiger partial charge in [-0.2, -0.15) is 0 Å². The summed E-state index contributed by atoms with van der Waals surface area (Å²) in [5.74, 6) is -1.22. The van der Waals surface area contributed by atoms with Crippen LogP contribution in [0.1, 0.15) is 5.56 Å². The molecular weight excluding hydrogens is 442 g/mol. The molecule has 13 heteroatoms. The number of hydrogen-bond donors (Lipinski definition) is 1. The van der Waals surface area contributed by atoms with Gasteiger partial charge in [-0.1, -0.05) is 30.3 Å². The molecule has 1 amide bonds. The number of ether oxygens (including phenoxy) is 1. The molecular formula is C19H15N5O7S. The van der Waals surface area contributed by atoms with Crippen LogP contribution in [-0.4, -0.2) is 38.9 Å². The van der Waals surface area contributed by atoms with Crippen molar-refractivity contribution in [3.63, 3.8) is 0 Å². The molecule has 0 radical (unpaired) electrons. The fourth-order valence-electron chi connectivity index (χ4n) is 2.65. The topological polar surface area (TPSA) is 157 Å². The molecule has 0 bridgehead atoms. The number of thioether (sulfide) groups is 1. The van der Waals surface area contributed by atoms with E-state index in [2.05, 4.69) is 15.3 Å². The zero-order valence-corrected chi connectivity index (χ0v) is 17.3. The van der Waals surface area contributed by atoms with Crippen LogP contribution in [-0.2, 0) is 20.9 Å². The maximum absolute atomic E-state index is 12.8. The van der Waals surface area contributed by atoms with Gasteiger partial charge in [-0.3, -0.25) is 35.3 Å². The molecule has 0 atom stereocenters. The Morgan fingerprint density at radius 1 is 1.19 bits per heavy atom. The van der Waals surface area contributed by atoms with E-state index in [1.54, 1.807) is 24.3 Å². The van der Waals surface area contributed by atoms with Crippen LogP contribution in [0.25, 0.3) is 0 Å². The molecule has 0 saturated carbocycles. The Kier molecular flexibility index (Phi) is 6.80. The van der Waals surface area contributed by atoms with Crippen molar-refractivity contribution in [2.24, 2.45) is 5.10 Å². The number of methoxy groups -OCH3 is 1. The molecule has 1 saturated heterocycles. The summed E-state index contributed by atoms with van der Waals surface area (Å²) in [6, 6.07) is 12.0. The van der Waals surface area contributed by atoms with Crippen LogP contribution < -0.4 is 5.43 Å². The molecule has 3 rings (SSSR count). The number of nitro groups is 2. The van der Waals surface area contributed by atoms with Crippen LogP contribution in [0.2, 0.25) is 0 Å². The van der Waals surface area contributed by atoms with Crippen LogP contribution in [0.15, 0.2) is 64.6 Å². The van der Waals surface area contributed by atoms with E-state index in [1.165, 1.54) is 12.0 Å². The van der Waals surface area contributed by atoms with Crippen molar-refractivity contribution >= 4 is 45.9 Å². The molecule has 2 aromatic rings. The Morgan fingerprint density at radius 2 is 1.91 bits per heavy atom. The van der Waals surface area contributed by atoms with Crippen molar-refractivity contribution in [1.82, 2.24) is 4.90 Å². The third-order valence-electron chi connectivity index (χ3n) is 4.18. The lowest BCUT2D eigenvalue weighted by Gasteiger charge is -2.15.